The Kier molecular flexibility index (Phi) is 4.78. The fourth-order valence-electron chi connectivity index (χ4n) is 2.76. The van der Waals surface area contributed by atoms with Gasteiger partial charge in [-0.3, -0.25) is 0 Å². The minimum Gasteiger partial charge on any atom is -0.307 e. The predicted octanol–water partition coefficient (Wildman–Crippen LogP) is 1.62. The number of hydrogen-bond donors (Lipinski definition) is 1. The third-order valence-electron chi connectivity index (χ3n) is 3.96. The summed E-state index contributed by atoms with van der Waals surface area (Å²) in [7, 11) is -7.32. The monoisotopic (exact) mass is 389 g/mol. The summed E-state index contributed by atoms with van der Waals surface area (Å²) < 4.78 is 62.6. The molecule has 1 aliphatic heterocycles. The number of nitrogens with one attached hydrogen (secondary N) is 1. The van der Waals surface area contributed by atoms with Gasteiger partial charge >= 0.3 is 0 Å². The summed E-state index contributed by atoms with van der Waals surface area (Å²) in [4.78, 5) is 0.936. The maximum absolute atomic E-state index is 13.0. The second-order valence-corrected chi connectivity index (χ2v) is 11.0. The number of rotatable bonds is 5. The van der Waals surface area contributed by atoms with Crippen LogP contribution in [0.1, 0.15) is 4.88 Å². The lowest BCUT2D eigenvalue weighted by Crippen LogP contribution is -2.42. The Morgan fingerprint density at radius 2 is 1.88 bits per heavy atom. The molecule has 1 aromatic carbocycles. The molecule has 1 N–H and O–H groups in total. The Hall–Kier alpha value is -1.29. The maximum Gasteiger partial charge on any atom is 0.183 e. The van der Waals surface area contributed by atoms with Crippen LogP contribution < -0.4 is 5.32 Å². The van der Waals surface area contributed by atoms with Gasteiger partial charge in [0.05, 0.1) is 21.7 Å². The van der Waals surface area contributed by atoms with E-state index in [0.29, 0.717) is 6.54 Å². The molecule has 2 atom stereocenters. The molecule has 1 aliphatic rings. The molecule has 2 aromatic rings. The second kappa shape index (κ2) is 6.55. The summed E-state index contributed by atoms with van der Waals surface area (Å²) in [5.74, 6) is -1.18. The van der Waals surface area contributed by atoms with Gasteiger partial charge in [-0.25, -0.2) is 21.2 Å². The molecule has 1 saturated heterocycles. The van der Waals surface area contributed by atoms with E-state index < -0.39 is 42.5 Å². The van der Waals surface area contributed by atoms with E-state index in [9.17, 15) is 21.2 Å². The largest absolute Gasteiger partial charge is 0.307 e. The van der Waals surface area contributed by atoms with Crippen LogP contribution in [-0.4, -0.2) is 39.6 Å². The highest BCUT2D eigenvalue weighted by molar-refractivity contribution is 7.96. The van der Waals surface area contributed by atoms with Gasteiger partial charge in [0.15, 0.2) is 19.7 Å². The van der Waals surface area contributed by atoms with Crippen molar-refractivity contribution < 1.29 is 21.2 Å². The molecule has 1 aromatic heterocycles. The summed E-state index contributed by atoms with van der Waals surface area (Å²) in [6.45, 7) is 0.410. The first-order valence-corrected chi connectivity index (χ1v) is 11.5. The Morgan fingerprint density at radius 1 is 1.17 bits per heavy atom. The van der Waals surface area contributed by atoms with Gasteiger partial charge in [-0.1, -0.05) is 6.07 Å². The molecule has 0 radical (unpaired) electrons. The molecule has 9 heteroatoms. The van der Waals surface area contributed by atoms with Crippen molar-refractivity contribution in [1.29, 1.82) is 0 Å². The van der Waals surface area contributed by atoms with Crippen LogP contribution in [0, 0.1) is 5.82 Å². The lowest BCUT2D eigenvalue weighted by molar-refractivity contribution is 0.527. The van der Waals surface area contributed by atoms with Gasteiger partial charge in [0.1, 0.15) is 5.82 Å². The van der Waals surface area contributed by atoms with Crippen molar-refractivity contribution in [1.82, 2.24) is 5.32 Å². The first-order valence-electron chi connectivity index (χ1n) is 7.23. The lowest BCUT2D eigenvalue weighted by atomic mass is 10.2. The molecule has 0 aliphatic carbocycles. The Balaban J connectivity index is 1.86. The van der Waals surface area contributed by atoms with E-state index in [1.807, 2.05) is 17.5 Å². The number of hydrogen-bond acceptors (Lipinski definition) is 6. The van der Waals surface area contributed by atoms with Crippen LogP contribution in [0.5, 0.6) is 0 Å². The summed E-state index contributed by atoms with van der Waals surface area (Å²) >= 11 is 1.51. The maximum atomic E-state index is 13.0. The molecule has 1 fully saturated rings. The van der Waals surface area contributed by atoms with Crippen molar-refractivity contribution in [2.75, 3.05) is 11.5 Å². The van der Waals surface area contributed by atoms with E-state index in [1.54, 1.807) is 0 Å². The van der Waals surface area contributed by atoms with Crippen LogP contribution in [0.15, 0.2) is 46.7 Å². The smallest absolute Gasteiger partial charge is 0.183 e. The summed E-state index contributed by atoms with van der Waals surface area (Å²) in [6.07, 6.45) is 0. The number of halogens is 1. The van der Waals surface area contributed by atoms with E-state index in [0.717, 1.165) is 17.0 Å². The van der Waals surface area contributed by atoms with Crippen LogP contribution in [0.4, 0.5) is 4.39 Å². The van der Waals surface area contributed by atoms with Crippen LogP contribution in [0.2, 0.25) is 0 Å². The van der Waals surface area contributed by atoms with Crippen LogP contribution in [-0.2, 0) is 26.2 Å². The van der Waals surface area contributed by atoms with Crippen LogP contribution >= 0.6 is 11.3 Å². The van der Waals surface area contributed by atoms with Crippen LogP contribution in [0.25, 0.3) is 0 Å². The zero-order valence-electron chi connectivity index (χ0n) is 12.6. The Labute approximate surface area is 144 Å². The normalized spacial score (nSPS) is 23.4. The van der Waals surface area contributed by atoms with Crippen LogP contribution in [0.3, 0.4) is 0 Å². The minimum absolute atomic E-state index is 0.0612. The molecule has 0 bridgehead atoms. The molecular formula is C15H16FNO4S3. The molecule has 0 amide bonds. The molecule has 0 spiro atoms. The molecule has 5 nitrogen and oxygen atoms in total. The van der Waals surface area contributed by atoms with Crippen molar-refractivity contribution >= 4 is 31.0 Å². The SMILES string of the molecule is O=S1(=O)C[C@H](NCc2cccs2)[C@@H](S(=O)(=O)c2ccc(F)cc2)C1. The molecule has 3 rings (SSSR count). The second-order valence-electron chi connectivity index (χ2n) is 5.68. The average molecular weight is 389 g/mol. The minimum atomic E-state index is -3.87. The van der Waals surface area contributed by atoms with Crippen molar-refractivity contribution in [2.24, 2.45) is 0 Å². The number of thiophene rings is 1. The van der Waals surface area contributed by atoms with Gasteiger partial charge in [0.2, 0.25) is 0 Å². The molecule has 24 heavy (non-hydrogen) atoms. The highest BCUT2D eigenvalue weighted by Gasteiger charge is 2.45. The zero-order chi connectivity index (χ0) is 17.4. The van der Waals surface area contributed by atoms with Crippen molar-refractivity contribution in [3.8, 4) is 0 Å². The van der Waals surface area contributed by atoms with E-state index in [4.69, 9.17) is 0 Å². The summed E-state index contributed by atoms with van der Waals surface area (Å²) in [5, 5.41) is 3.88. The van der Waals surface area contributed by atoms with Gasteiger partial charge in [-0.2, -0.15) is 0 Å². The van der Waals surface area contributed by atoms with Gasteiger partial charge in [0, 0.05) is 17.5 Å². The molecule has 130 valence electrons. The molecular weight excluding hydrogens is 373 g/mol. The molecule has 2 heterocycles. The molecule has 0 saturated carbocycles. The summed E-state index contributed by atoms with van der Waals surface area (Å²) in [5.41, 5.74) is 0. The zero-order valence-corrected chi connectivity index (χ0v) is 15.0. The van der Waals surface area contributed by atoms with Gasteiger partial charge in [-0.05, 0) is 35.7 Å². The van der Waals surface area contributed by atoms with E-state index in [1.165, 1.54) is 23.5 Å². The fraction of sp³-hybridized carbons (Fsp3) is 0.333. The fourth-order valence-corrected chi connectivity index (χ4v) is 8.13. The standard InChI is InChI=1S/C15H16FNO4S3/c16-11-3-5-13(6-4-11)24(20,21)15-10-23(18,19)9-14(15)17-8-12-2-1-7-22-12/h1-7,14-15,17H,8-10H2/t14-,15-/m0/s1. The van der Waals surface area contributed by atoms with Gasteiger partial charge in [-0.15, -0.1) is 11.3 Å². The third-order valence-corrected chi connectivity index (χ3v) is 9.00. The third kappa shape index (κ3) is 3.69. The summed E-state index contributed by atoms with van der Waals surface area (Å²) in [6, 6.07) is 7.55. The molecule has 0 unspecified atom stereocenters. The van der Waals surface area contributed by atoms with Crippen molar-refractivity contribution in [3.05, 3.63) is 52.5 Å². The van der Waals surface area contributed by atoms with Crippen molar-refractivity contribution in [3.63, 3.8) is 0 Å². The van der Waals surface area contributed by atoms with Gasteiger partial charge < -0.3 is 5.32 Å². The lowest BCUT2D eigenvalue weighted by Gasteiger charge is -2.19. The predicted molar refractivity (Wildman–Crippen MR) is 91.0 cm³/mol. The van der Waals surface area contributed by atoms with E-state index in [2.05, 4.69) is 5.32 Å². The average Bonchev–Trinajstić information content (AvgIpc) is 3.13. The van der Waals surface area contributed by atoms with E-state index in [-0.39, 0.29) is 10.6 Å². The van der Waals surface area contributed by atoms with E-state index >= 15 is 0 Å². The Morgan fingerprint density at radius 3 is 2.50 bits per heavy atom. The first-order chi connectivity index (χ1) is 11.3. The highest BCUT2D eigenvalue weighted by atomic mass is 32.2. The number of sulfone groups is 2. The highest BCUT2D eigenvalue weighted by Crippen LogP contribution is 2.26. The first kappa shape index (κ1) is 17.5. The number of benzene rings is 1. The quantitative estimate of drug-likeness (QED) is 0.786. The Bertz CT molecular complexity index is 906. The van der Waals surface area contributed by atoms with Gasteiger partial charge in [0.25, 0.3) is 0 Å². The van der Waals surface area contributed by atoms with Crippen molar-refractivity contribution in [2.45, 2.75) is 22.7 Å². The topological polar surface area (TPSA) is 80.3 Å².